The van der Waals surface area contributed by atoms with Crippen molar-refractivity contribution < 1.29 is 9.53 Å². The Balaban J connectivity index is 2.52. The highest BCUT2D eigenvalue weighted by Crippen LogP contribution is 2.25. The summed E-state index contributed by atoms with van der Waals surface area (Å²) in [6, 6.07) is 1.63. The van der Waals surface area contributed by atoms with Crippen LogP contribution < -0.4 is 10.5 Å². The lowest BCUT2D eigenvalue weighted by Gasteiger charge is -2.29. The van der Waals surface area contributed by atoms with Gasteiger partial charge in [-0.05, 0) is 34.6 Å². The van der Waals surface area contributed by atoms with Crippen LogP contribution >= 0.6 is 11.3 Å². The first-order chi connectivity index (χ1) is 10.3. The van der Waals surface area contributed by atoms with E-state index in [0.29, 0.717) is 10.1 Å². The molecule has 2 aromatic heterocycles. The van der Waals surface area contributed by atoms with Crippen molar-refractivity contribution in [2.45, 2.75) is 46.7 Å². The highest BCUT2D eigenvalue weighted by atomic mass is 32.1. The standard InChI is InChI=1S/C14H20N4O3S/c1-6-21-12(20)10-7-11(19)18-13(15-10)22-14(16-18)17(8(2)3)9(4)5/h7-9H,6H2,1-5H3. The Kier molecular flexibility index (Phi) is 4.80. The zero-order valence-corrected chi connectivity index (χ0v) is 14.2. The molecule has 0 bridgehead atoms. The Morgan fingerprint density at radius 1 is 1.36 bits per heavy atom. The second kappa shape index (κ2) is 6.43. The molecule has 0 aliphatic carbocycles. The Morgan fingerprint density at radius 3 is 2.55 bits per heavy atom. The largest absolute Gasteiger partial charge is 0.461 e. The van der Waals surface area contributed by atoms with Crippen molar-refractivity contribution in [1.29, 1.82) is 0 Å². The molecule has 2 aromatic rings. The summed E-state index contributed by atoms with van der Waals surface area (Å²) >= 11 is 1.28. The van der Waals surface area contributed by atoms with E-state index >= 15 is 0 Å². The second-order valence-electron chi connectivity index (χ2n) is 5.37. The van der Waals surface area contributed by atoms with E-state index in [1.165, 1.54) is 15.9 Å². The number of hydrogen-bond acceptors (Lipinski definition) is 7. The van der Waals surface area contributed by atoms with Crippen LogP contribution in [0.25, 0.3) is 4.96 Å². The van der Waals surface area contributed by atoms with Crippen molar-refractivity contribution in [3.63, 3.8) is 0 Å². The van der Waals surface area contributed by atoms with Gasteiger partial charge in [-0.1, -0.05) is 11.3 Å². The molecule has 0 atom stereocenters. The summed E-state index contributed by atoms with van der Waals surface area (Å²) in [7, 11) is 0. The molecule has 0 saturated carbocycles. The van der Waals surface area contributed by atoms with Gasteiger partial charge in [-0.2, -0.15) is 4.52 Å². The van der Waals surface area contributed by atoms with Crippen molar-refractivity contribution in [3.8, 4) is 0 Å². The van der Waals surface area contributed by atoms with E-state index in [9.17, 15) is 9.59 Å². The van der Waals surface area contributed by atoms with Crippen LogP contribution in [0.5, 0.6) is 0 Å². The van der Waals surface area contributed by atoms with Gasteiger partial charge in [0.05, 0.1) is 6.61 Å². The van der Waals surface area contributed by atoms with Crippen molar-refractivity contribution in [3.05, 3.63) is 22.1 Å². The third kappa shape index (κ3) is 3.11. The number of esters is 1. The molecule has 7 nitrogen and oxygen atoms in total. The molecule has 0 fully saturated rings. The molecule has 120 valence electrons. The van der Waals surface area contributed by atoms with Crippen LogP contribution in [-0.4, -0.2) is 39.3 Å². The monoisotopic (exact) mass is 324 g/mol. The lowest BCUT2D eigenvalue weighted by atomic mass is 10.2. The van der Waals surface area contributed by atoms with Crippen LogP contribution in [0.1, 0.15) is 45.1 Å². The predicted octanol–water partition coefficient (Wildman–Crippen LogP) is 1.95. The van der Waals surface area contributed by atoms with E-state index in [1.807, 2.05) is 0 Å². The normalized spacial score (nSPS) is 11.4. The average Bonchev–Trinajstić information content (AvgIpc) is 2.81. The van der Waals surface area contributed by atoms with Gasteiger partial charge in [0.15, 0.2) is 5.69 Å². The number of nitrogens with zero attached hydrogens (tertiary/aromatic N) is 4. The van der Waals surface area contributed by atoms with Crippen LogP contribution in [-0.2, 0) is 4.74 Å². The Morgan fingerprint density at radius 2 is 2.00 bits per heavy atom. The highest BCUT2D eigenvalue weighted by molar-refractivity contribution is 7.20. The van der Waals surface area contributed by atoms with Crippen molar-refractivity contribution in [2.75, 3.05) is 11.5 Å². The van der Waals surface area contributed by atoms with Crippen LogP contribution in [0.15, 0.2) is 10.9 Å². The second-order valence-corrected chi connectivity index (χ2v) is 6.31. The number of ether oxygens (including phenoxy) is 1. The summed E-state index contributed by atoms with van der Waals surface area (Å²) in [5, 5.41) is 5.04. The van der Waals surface area contributed by atoms with E-state index in [4.69, 9.17) is 4.74 Å². The molecule has 0 saturated heterocycles. The molecule has 0 aromatic carbocycles. The number of fused-ring (bicyclic) bond motifs is 1. The first-order valence-corrected chi connectivity index (χ1v) is 8.03. The third-order valence-electron chi connectivity index (χ3n) is 3.05. The molecule has 0 N–H and O–H groups in total. The summed E-state index contributed by atoms with van der Waals surface area (Å²) in [4.78, 5) is 30.5. The van der Waals surface area contributed by atoms with Gasteiger partial charge in [-0.3, -0.25) is 4.79 Å². The summed E-state index contributed by atoms with van der Waals surface area (Å²) in [5.41, 5.74) is -0.370. The summed E-state index contributed by atoms with van der Waals surface area (Å²) < 4.78 is 6.11. The van der Waals surface area contributed by atoms with Crippen LogP contribution in [0.2, 0.25) is 0 Å². The molecule has 0 radical (unpaired) electrons. The molecular formula is C14H20N4O3S. The first kappa shape index (κ1) is 16.4. The van der Waals surface area contributed by atoms with Crippen molar-refractivity contribution in [1.82, 2.24) is 14.6 Å². The molecule has 22 heavy (non-hydrogen) atoms. The van der Waals surface area contributed by atoms with Gasteiger partial charge in [-0.15, -0.1) is 5.10 Å². The Labute approximate surface area is 132 Å². The number of carbonyl (C=O) groups excluding carboxylic acids is 1. The Hall–Kier alpha value is -1.96. The predicted molar refractivity (Wildman–Crippen MR) is 85.8 cm³/mol. The van der Waals surface area contributed by atoms with Crippen LogP contribution in [0, 0.1) is 0 Å². The highest BCUT2D eigenvalue weighted by Gasteiger charge is 2.21. The molecule has 2 heterocycles. The van der Waals surface area contributed by atoms with E-state index in [2.05, 4.69) is 42.7 Å². The molecule has 2 rings (SSSR count). The maximum Gasteiger partial charge on any atom is 0.357 e. The maximum atomic E-state index is 12.1. The fourth-order valence-corrected chi connectivity index (χ4v) is 3.43. The van der Waals surface area contributed by atoms with Crippen LogP contribution in [0.3, 0.4) is 0 Å². The minimum absolute atomic E-state index is 0.0164. The SMILES string of the molecule is CCOC(=O)c1cc(=O)n2nc(N(C(C)C)C(C)C)sc2n1. The molecule has 0 aliphatic rings. The number of anilines is 1. The van der Waals surface area contributed by atoms with E-state index in [0.717, 1.165) is 6.07 Å². The molecule has 0 unspecified atom stereocenters. The zero-order valence-electron chi connectivity index (χ0n) is 13.4. The van der Waals surface area contributed by atoms with Crippen molar-refractivity contribution in [2.24, 2.45) is 0 Å². The lowest BCUT2D eigenvalue weighted by Crippen LogP contribution is -2.37. The van der Waals surface area contributed by atoms with E-state index < -0.39 is 5.97 Å². The summed E-state index contributed by atoms with van der Waals surface area (Å²) in [6.07, 6.45) is 0. The third-order valence-corrected chi connectivity index (χ3v) is 3.97. The molecule has 0 spiro atoms. The summed E-state index contributed by atoms with van der Waals surface area (Å²) in [5.74, 6) is -0.596. The van der Waals surface area contributed by atoms with Gasteiger partial charge in [0.25, 0.3) is 5.56 Å². The first-order valence-electron chi connectivity index (χ1n) is 7.21. The molecule has 8 heteroatoms. The minimum Gasteiger partial charge on any atom is -0.461 e. The van der Waals surface area contributed by atoms with Crippen LogP contribution in [0.4, 0.5) is 5.13 Å². The van der Waals surface area contributed by atoms with Gasteiger partial charge in [-0.25, -0.2) is 9.78 Å². The van der Waals surface area contributed by atoms with Crippen molar-refractivity contribution >= 4 is 27.4 Å². The fraction of sp³-hybridized carbons (Fsp3) is 0.571. The number of carbonyl (C=O) groups is 1. The number of rotatable bonds is 5. The van der Waals surface area contributed by atoms with Gasteiger partial charge in [0.1, 0.15) is 0 Å². The fourth-order valence-electron chi connectivity index (χ4n) is 2.25. The zero-order chi connectivity index (χ0) is 16.4. The minimum atomic E-state index is -0.596. The van der Waals surface area contributed by atoms with Gasteiger partial charge < -0.3 is 9.64 Å². The smallest absolute Gasteiger partial charge is 0.357 e. The lowest BCUT2D eigenvalue weighted by molar-refractivity contribution is 0.0519. The Bertz CT molecular complexity index is 727. The van der Waals surface area contributed by atoms with E-state index in [-0.39, 0.29) is 29.9 Å². The van der Waals surface area contributed by atoms with Gasteiger partial charge in [0.2, 0.25) is 10.1 Å². The number of aromatic nitrogens is 3. The quantitative estimate of drug-likeness (QED) is 0.782. The molecular weight excluding hydrogens is 304 g/mol. The topological polar surface area (TPSA) is 76.8 Å². The molecule has 0 amide bonds. The molecule has 0 aliphatic heterocycles. The van der Waals surface area contributed by atoms with E-state index in [1.54, 1.807) is 6.92 Å². The summed E-state index contributed by atoms with van der Waals surface area (Å²) in [6.45, 7) is 10.2. The number of hydrogen-bond donors (Lipinski definition) is 0. The average molecular weight is 324 g/mol. The maximum absolute atomic E-state index is 12.1. The van der Waals surface area contributed by atoms with Gasteiger partial charge >= 0.3 is 5.97 Å². The van der Waals surface area contributed by atoms with Gasteiger partial charge in [0, 0.05) is 18.2 Å².